The van der Waals surface area contributed by atoms with E-state index in [1.54, 1.807) is 0 Å². The van der Waals surface area contributed by atoms with Gasteiger partial charge in [-0.25, -0.2) is 43.9 Å². The van der Waals surface area contributed by atoms with Crippen LogP contribution in [0.5, 0.6) is 17.2 Å². The predicted octanol–water partition coefficient (Wildman–Crippen LogP) is 17.9. The molecule has 0 aromatic heterocycles. The zero-order valence-electron chi connectivity index (χ0n) is 41.6. The third-order valence-electron chi connectivity index (χ3n) is 12.6. The van der Waals surface area contributed by atoms with Crippen molar-refractivity contribution in [3.63, 3.8) is 0 Å². The summed E-state index contributed by atoms with van der Waals surface area (Å²) in [7, 11) is -2.33. The van der Waals surface area contributed by atoms with E-state index < -0.39 is 100 Å². The minimum Gasteiger partial charge on any atom is -0.489 e. The molecule has 0 saturated carbocycles. The Morgan fingerprint density at radius 1 is 0.394 bits per heavy atom. The molecule has 0 aliphatic carbocycles. The molecule has 17 heteroatoms. The van der Waals surface area contributed by atoms with Gasteiger partial charge in [-0.2, -0.15) is 6.07 Å². The van der Waals surface area contributed by atoms with Crippen molar-refractivity contribution in [1.29, 1.82) is 0 Å². The number of hydrogen-bond donors (Lipinski definition) is 0. The first kappa shape index (κ1) is 60.8. The van der Waals surface area contributed by atoms with Crippen LogP contribution >= 0.6 is 0 Å². The van der Waals surface area contributed by atoms with E-state index in [2.05, 4.69) is 26.8 Å². The zero-order chi connectivity index (χ0) is 52.3. The number of quaternary nitrogens is 1. The van der Waals surface area contributed by atoms with Crippen LogP contribution in [0.4, 0.5) is 52.7 Å². The van der Waals surface area contributed by atoms with Crippen molar-refractivity contribution in [2.45, 2.75) is 175 Å². The van der Waals surface area contributed by atoms with Gasteiger partial charge in [-0.05, 0) is 44.9 Å². The van der Waals surface area contributed by atoms with Gasteiger partial charge in [0.15, 0.2) is 52.4 Å². The van der Waals surface area contributed by atoms with Gasteiger partial charge in [0, 0.05) is 48.4 Å². The molecule has 0 spiro atoms. The monoisotopic (exact) mass is 1020 g/mol. The van der Waals surface area contributed by atoms with Crippen LogP contribution in [0.1, 0.15) is 181 Å². The van der Waals surface area contributed by atoms with Crippen LogP contribution in [0.3, 0.4) is 0 Å². The fourth-order valence-corrected chi connectivity index (χ4v) is 8.73. The Balaban J connectivity index is 0.00000132. The summed E-state index contributed by atoms with van der Waals surface area (Å²) in [6, 6.07) is 5.15. The van der Waals surface area contributed by atoms with Crippen molar-refractivity contribution in [3.8, 4) is 17.2 Å². The number of hydrogen-bond acceptors (Lipinski definition) is 3. The van der Waals surface area contributed by atoms with Gasteiger partial charge < -0.3 is 18.4 Å². The molecule has 0 saturated heterocycles. The number of rotatable bonds is 33. The van der Waals surface area contributed by atoms with Gasteiger partial charge in [0.05, 0.1) is 31.0 Å². The Bertz CT molecular complexity index is 2020. The van der Waals surface area contributed by atoms with Crippen molar-refractivity contribution in [2.75, 3.05) is 19.6 Å². The third kappa shape index (κ3) is 19.8. The fourth-order valence-electron chi connectivity index (χ4n) is 8.73. The summed E-state index contributed by atoms with van der Waals surface area (Å²) < 4.78 is 187. The minimum atomic E-state index is -2.33. The second kappa shape index (κ2) is 32.5. The summed E-state index contributed by atoms with van der Waals surface area (Å²) in [5.41, 5.74) is -0.298. The van der Waals surface area contributed by atoms with Crippen molar-refractivity contribution in [1.82, 2.24) is 0 Å². The molecule has 0 radical (unpaired) electrons. The molecule has 4 rings (SSSR count). The van der Waals surface area contributed by atoms with Crippen LogP contribution in [0.25, 0.3) is 0 Å². The Kier molecular flexibility index (Phi) is 27.8. The van der Waals surface area contributed by atoms with E-state index in [9.17, 15) is 39.5 Å². The highest BCUT2D eigenvalue weighted by atomic mass is 19.2. The maximum Gasteiger partial charge on any atom is 0.864 e. The lowest BCUT2D eigenvalue weighted by Gasteiger charge is -2.46. The lowest BCUT2D eigenvalue weighted by molar-refractivity contribution is -0.958. The summed E-state index contributed by atoms with van der Waals surface area (Å²) in [5, 5.41) is 0. The first-order chi connectivity index (χ1) is 34.0. The predicted molar refractivity (Wildman–Crippen MR) is 254 cm³/mol. The van der Waals surface area contributed by atoms with E-state index in [0.29, 0.717) is 67.3 Å². The molecule has 0 amide bonds. The zero-order valence-corrected chi connectivity index (χ0v) is 41.6. The van der Waals surface area contributed by atoms with Gasteiger partial charge in [-0.15, -0.1) is 12.1 Å². The Morgan fingerprint density at radius 3 is 1.11 bits per heavy atom. The standard InChI is InChI=1S/C48H68BF9NO3.C6H2F3/c1-5-9-13-16-19-23-27-59(28-24-20-17-14-10-6-2,29-25-21-18-15-11-7-3)42(26-22-12-8-4)44-43(34-41(54)47(57)48(44)58)62-49(60-35-30-37(50)45(55)38(51)31-35)61-36-32-39(52)46(56)40(53)33-36;7-4-2-1-3-5(8)6(4)9/h30-34,42H,5-29H2,1-4H3;2-3H/q+1;-1. The van der Waals surface area contributed by atoms with Crippen LogP contribution in [-0.4, -0.2) is 31.4 Å². The van der Waals surface area contributed by atoms with Crippen LogP contribution in [0.2, 0.25) is 0 Å². The van der Waals surface area contributed by atoms with Crippen molar-refractivity contribution < 1.29 is 71.1 Å². The molecule has 396 valence electrons. The molecule has 4 nitrogen and oxygen atoms in total. The van der Waals surface area contributed by atoms with E-state index >= 15 is 13.2 Å². The van der Waals surface area contributed by atoms with Crippen LogP contribution in [0, 0.1) is 75.9 Å². The quantitative estimate of drug-likeness (QED) is 0.0119. The number of halogens is 12. The van der Waals surface area contributed by atoms with Crippen LogP contribution < -0.4 is 14.0 Å². The normalized spacial score (nSPS) is 11.9. The van der Waals surface area contributed by atoms with E-state index in [0.717, 1.165) is 141 Å². The summed E-state index contributed by atoms with van der Waals surface area (Å²) in [4.78, 5) is 0. The molecular formula is C54H70BF12NO3. The molecule has 0 heterocycles. The van der Waals surface area contributed by atoms with Gasteiger partial charge >= 0.3 is 7.32 Å². The highest BCUT2D eigenvalue weighted by Crippen LogP contribution is 2.43. The first-order valence-electron chi connectivity index (χ1n) is 25.4. The molecule has 0 bridgehead atoms. The molecule has 4 aromatic carbocycles. The smallest absolute Gasteiger partial charge is 0.489 e. The van der Waals surface area contributed by atoms with E-state index in [4.69, 9.17) is 14.0 Å². The summed E-state index contributed by atoms with van der Waals surface area (Å²) in [6.07, 6.45) is 20.6. The average Bonchev–Trinajstić information content (AvgIpc) is 3.33. The van der Waals surface area contributed by atoms with Crippen molar-refractivity contribution in [2.24, 2.45) is 0 Å². The van der Waals surface area contributed by atoms with Crippen LogP contribution in [-0.2, 0) is 0 Å². The molecule has 0 aliphatic heterocycles. The Labute approximate surface area is 413 Å². The first-order valence-corrected chi connectivity index (χ1v) is 25.4. The molecule has 4 aromatic rings. The average molecular weight is 1020 g/mol. The topological polar surface area (TPSA) is 27.7 Å². The Morgan fingerprint density at radius 2 is 0.732 bits per heavy atom. The molecule has 71 heavy (non-hydrogen) atoms. The maximum atomic E-state index is 16.9. The highest BCUT2D eigenvalue weighted by Gasteiger charge is 2.43. The highest BCUT2D eigenvalue weighted by molar-refractivity contribution is 6.39. The van der Waals surface area contributed by atoms with Crippen molar-refractivity contribution >= 4 is 7.32 Å². The minimum absolute atomic E-state index is 0.298. The summed E-state index contributed by atoms with van der Waals surface area (Å²) in [5.74, 6) is -21.1. The van der Waals surface area contributed by atoms with Gasteiger partial charge in [-0.1, -0.05) is 118 Å². The number of unbranched alkanes of at least 4 members (excludes halogenated alkanes) is 17. The number of nitrogens with zero attached hydrogens (tertiary/aromatic N) is 1. The van der Waals surface area contributed by atoms with Gasteiger partial charge in [-0.3, -0.25) is 8.78 Å². The SMILES string of the molecule is CCCCCCCC[N+](CCCCCCCC)(CCCCCCCC)C(CCCCC)c1c(OB(Oc2cc(F)c(F)c(F)c2)Oc2cc(F)c(F)c(F)c2)cc(F)c(F)c1F.Fc1c[c-]cc(F)c1F. The van der Waals surface area contributed by atoms with E-state index in [-0.39, 0.29) is 5.56 Å². The second-order valence-electron chi connectivity index (χ2n) is 18.1. The van der Waals surface area contributed by atoms with Gasteiger partial charge in [0.2, 0.25) is 0 Å². The van der Waals surface area contributed by atoms with Gasteiger partial charge in [0.25, 0.3) is 0 Å². The summed E-state index contributed by atoms with van der Waals surface area (Å²) >= 11 is 0. The van der Waals surface area contributed by atoms with Crippen LogP contribution in [0.15, 0.2) is 42.5 Å². The third-order valence-corrected chi connectivity index (χ3v) is 12.6. The molecular weight excluding hydrogens is 949 g/mol. The lowest BCUT2D eigenvalue weighted by atomic mass is 9.91. The Hall–Kier alpha value is -4.54. The second-order valence-corrected chi connectivity index (χ2v) is 18.1. The van der Waals surface area contributed by atoms with E-state index in [1.807, 2.05) is 6.92 Å². The molecule has 0 aliphatic rings. The molecule has 1 atom stereocenters. The molecule has 0 fully saturated rings. The maximum absolute atomic E-state index is 16.9. The lowest BCUT2D eigenvalue weighted by Crippen LogP contribution is -2.53. The van der Waals surface area contributed by atoms with Crippen molar-refractivity contribution in [3.05, 3.63) is 124 Å². The fraction of sp³-hybridized carbons (Fsp3) is 0.556. The van der Waals surface area contributed by atoms with E-state index in [1.165, 1.54) is 0 Å². The van der Waals surface area contributed by atoms with Gasteiger partial charge in [0.1, 0.15) is 23.3 Å². The number of benzene rings is 4. The molecule has 1 unspecified atom stereocenters. The summed E-state index contributed by atoms with van der Waals surface area (Å²) in [6.45, 7) is 10.3. The largest absolute Gasteiger partial charge is 0.864 e. The molecule has 0 N–H and O–H groups in total.